The number of hydrogen-bond donors (Lipinski definition) is 1. The maximum Gasteiger partial charge on any atom is 0.305 e. The zero-order chi connectivity index (χ0) is 24.1. The first-order valence-electron chi connectivity index (χ1n) is 10.1. The number of amides is 1. The van der Waals surface area contributed by atoms with Crippen LogP contribution >= 0.6 is 0 Å². The van der Waals surface area contributed by atoms with Crippen LogP contribution in [0.25, 0.3) is 0 Å². The van der Waals surface area contributed by atoms with E-state index in [0.29, 0.717) is 0 Å². The smallest absolute Gasteiger partial charge is 0.305 e. The molecule has 178 valence electrons. The number of nitrogens with one attached hydrogen (secondary N) is 1. The Hall–Kier alpha value is -1.98. The zero-order valence-corrected chi connectivity index (χ0v) is 20.8. The van der Waals surface area contributed by atoms with E-state index >= 15 is 0 Å². The van der Waals surface area contributed by atoms with E-state index in [1.54, 1.807) is 0 Å². The van der Waals surface area contributed by atoms with Gasteiger partial charge in [0.05, 0.1) is 6.61 Å². The van der Waals surface area contributed by atoms with Crippen LogP contribution in [0.3, 0.4) is 0 Å². The largest absolute Gasteiger partial charge is 0.456 e. The summed E-state index contributed by atoms with van der Waals surface area (Å²) in [6, 6.07) is -1.08. The van der Waals surface area contributed by atoms with Gasteiger partial charge in [0.25, 0.3) is 0 Å². The van der Waals surface area contributed by atoms with Crippen molar-refractivity contribution in [2.24, 2.45) is 0 Å². The van der Waals surface area contributed by atoms with E-state index in [4.69, 9.17) is 23.4 Å². The summed E-state index contributed by atoms with van der Waals surface area (Å²) < 4.78 is 28.2. The van der Waals surface area contributed by atoms with Gasteiger partial charge in [-0.1, -0.05) is 20.8 Å². The molecule has 1 rings (SSSR count). The summed E-state index contributed by atoms with van der Waals surface area (Å²) in [6.07, 6.45) is -4.42. The Morgan fingerprint density at radius 3 is 1.77 bits per heavy atom. The molecule has 5 atom stereocenters. The lowest BCUT2D eigenvalue weighted by atomic mass is 9.96. The Labute approximate surface area is 184 Å². The number of carbonyl (C=O) groups is 4. The second-order valence-electron chi connectivity index (χ2n) is 9.10. The molecule has 0 saturated carbocycles. The van der Waals surface area contributed by atoms with E-state index in [9.17, 15) is 19.2 Å². The van der Waals surface area contributed by atoms with Gasteiger partial charge in [-0.25, -0.2) is 0 Å². The zero-order valence-electron chi connectivity index (χ0n) is 19.8. The minimum atomic E-state index is -2.22. The molecule has 10 nitrogen and oxygen atoms in total. The lowest BCUT2D eigenvalue weighted by Gasteiger charge is -2.46. The highest BCUT2D eigenvalue weighted by atomic mass is 28.4. The molecule has 1 heterocycles. The van der Waals surface area contributed by atoms with Crippen molar-refractivity contribution in [1.82, 2.24) is 5.32 Å². The Kier molecular flexibility index (Phi) is 9.21. The summed E-state index contributed by atoms with van der Waals surface area (Å²) in [5, 5.41) is 2.48. The molecular formula is C20H35NO9Si. The maximum absolute atomic E-state index is 11.8. The summed E-state index contributed by atoms with van der Waals surface area (Å²) >= 11 is 0. The van der Waals surface area contributed by atoms with Crippen LogP contribution in [0.2, 0.25) is 18.1 Å². The van der Waals surface area contributed by atoms with Crippen LogP contribution in [0.5, 0.6) is 0 Å². The molecule has 1 aliphatic heterocycles. The van der Waals surface area contributed by atoms with Crippen molar-refractivity contribution in [1.29, 1.82) is 0 Å². The van der Waals surface area contributed by atoms with Crippen LogP contribution in [0.4, 0.5) is 0 Å². The number of esters is 3. The molecule has 0 spiro atoms. The van der Waals surface area contributed by atoms with Gasteiger partial charge in [0.2, 0.25) is 12.2 Å². The van der Waals surface area contributed by atoms with Crippen LogP contribution in [0.1, 0.15) is 48.5 Å². The van der Waals surface area contributed by atoms with E-state index in [1.807, 2.05) is 13.1 Å². The van der Waals surface area contributed by atoms with Gasteiger partial charge in [-0.2, -0.15) is 0 Å². The number of hydrogen-bond acceptors (Lipinski definition) is 9. The van der Waals surface area contributed by atoms with Crippen molar-refractivity contribution in [2.75, 3.05) is 6.61 Å². The molecule has 0 aromatic heterocycles. The van der Waals surface area contributed by atoms with E-state index in [2.05, 4.69) is 26.1 Å². The van der Waals surface area contributed by atoms with E-state index in [0.717, 1.165) is 0 Å². The molecule has 0 aromatic carbocycles. The molecule has 0 aromatic rings. The molecule has 1 aliphatic rings. The Balaban J connectivity index is 3.34. The molecule has 11 heteroatoms. The third-order valence-electron chi connectivity index (χ3n) is 5.32. The van der Waals surface area contributed by atoms with Gasteiger partial charge < -0.3 is 28.7 Å². The minimum absolute atomic E-state index is 0.0107. The molecule has 31 heavy (non-hydrogen) atoms. The molecule has 1 N–H and O–H groups in total. The van der Waals surface area contributed by atoms with Gasteiger partial charge in [0, 0.05) is 27.7 Å². The Bertz CT molecular complexity index is 689. The highest BCUT2D eigenvalue weighted by molar-refractivity contribution is 6.74. The fraction of sp³-hybridized carbons (Fsp3) is 0.800. The average Bonchev–Trinajstić information content (AvgIpc) is 2.56. The second-order valence-corrected chi connectivity index (χ2v) is 13.9. The van der Waals surface area contributed by atoms with Crippen LogP contribution in [-0.4, -0.2) is 69.4 Å². The monoisotopic (exact) mass is 461 g/mol. The molecule has 1 unspecified atom stereocenters. The highest BCUT2D eigenvalue weighted by Gasteiger charge is 2.52. The fourth-order valence-corrected chi connectivity index (χ4v) is 3.88. The summed E-state index contributed by atoms with van der Waals surface area (Å²) in [5.74, 6) is -2.42. The lowest BCUT2D eigenvalue weighted by molar-refractivity contribution is -0.269. The topological polar surface area (TPSA) is 126 Å². The van der Waals surface area contributed by atoms with Crippen molar-refractivity contribution in [2.45, 2.75) is 97.2 Å². The van der Waals surface area contributed by atoms with Crippen LogP contribution < -0.4 is 5.32 Å². The SMILES string of the molecule is CC(=O)N[C@H]1C(OC(C)=O)O[C@H](CO[Si](C)(C)C(C)(C)C)[C@@H](OC(C)=O)[C@@H]1OC(C)=O. The molecular weight excluding hydrogens is 426 g/mol. The van der Waals surface area contributed by atoms with Gasteiger partial charge in [-0.05, 0) is 18.1 Å². The normalized spacial score (nSPS) is 26.5. The Morgan fingerprint density at radius 2 is 1.35 bits per heavy atom. The first kappa shape index (κ1) is 27.1. The van der Waals surface area contributed by atoms with Gasteiger partial charge >= 0.3 is 17.9 Å². The first-order chi connectivity index (χ1) is 14.0. The van der Waals surface area contributed by atoms with Gasteiger partial charge in [-0.3, -0.25) is 19.2 Å². The summed E-state index contributed by atoms with van der Waals surface area (Å²) in [5.41, 5.74) is 0. The van der Waals surface area contributed by atoms with Crippen molar-refractivity contribution in [3.63, 3.8) is 0 Å². The Morgan fingerprint density at radius 1 is 0.871 bits per heavy atom. The van der Waals surface area contributed by atoms with Crippen molar-refractivity contribution in [3.05, 3.63) is 0 Å². The lowest BCUT2D eigenvalue weighted by Crippen LogP contribution is -2.67. The van der Waals surface area contributed by atoms with E-state index in [1.165, 1.54) is 27.7 Å². The van der Waals surface area contributed by atoms with Crippen LogP contribution in [-0.2, 0) is 42.6 Å². The molecule has 0 bridgehead atoms. The van der Waals surface area contributed by atoms with Gasteiger partial charge in [0.15, 0.2) is 20.5 Å². The number of ether oxygens (including phenoxy) is 4. The summed E-state index contributed by atoms with van der Waals surface area (Å²) in [6.45, 7) is 15.2. The molecule has 1 amide bonds. The van der Waals surface area contributed by atoms with Crippen molar-refractivity contribution < 1.29 is 42.6 Å². The number of rotatable bonds is 7. The predicted octanol–water partition coefficient (Wildman–Crippen LogP) is 1.66. The standard InChI is InChI=1S/C20H35NO9Si/c1-11(22)21-16-18(28-13(3)24)17(27-12(2)23)15(30-19(16)29-14(4)25)10-26-31(8,9)20(5,6)7/h15-19H,10H2,1-9H3,(H,21,22)/t15-,16-,17-,18-,19?/m1/s1. The number of carbonyl (C=O) groups excluding carboxylic acids is 4. The van der Waals surface area contributed by atoms with Crippen LogP contribution in [0.15, 0.2) is 0 Å². The third kappa shape index (κ3) is 7.89. The van der Waals surface area contributed by atoms with Crippen molar-refractivity contribution >= 4 is 32.1 Å². The molecule has 1 fully saturated rings. The minimum Gasteiger partial charge on any atom is -0.456 e. The fourth-order valence-electron chi connectivity index (χ4n) is 2.86. The van der Waals surface area contributed by atoms with E-state index in [-0.39, 0.29) is 11.6 Å². The highest BCUT2D eigenvalue weighted by Crippen LogP contribution is 2.37. The van der Waals surface area contributed by atoms with Gasteiger partial charge in [-0.15, -0.1) is 0 Å². The summed E-state index contributed by atoms with van der Waals surface area (Å²) in [7, 11) is -2.22. The molecule has 0 radical (unpaired) electrons. The van der Waals surface area contributed by atoms with Gasteiger partial charge in [0.1, 0.15) is 12.1 Å². The van der Waals surface area contributed by atoms with E-state index < -0.39 is 62.8 Å². The second kappa shape index (κ2) is 10.6. The maximum atomic E-state index is 11.8. The van der Waals surface area contributed by atoms with Crippen molar-refractivity contribution in [3.8, 4) is 0 Å². The first-order valence-corrected chi connectivity index (χ1v) is 13.0. The predicted molar refractivity (Wildman–Crippen MR) is 112 cm³/mol. The molecule has 0 aliphatic carbocycles. The molecule has 1 saturated heterocycles. The van der Waals surface area contributed by atoms with Crippen LogP contribution in [0, 0.1) is 0 Å². The third-order valence-corrected chi connectivity index (χ3v) is 9.82. The quantitative estimate of drug-likeness (QED) is 0.342. The summed E-state index contributed by atoms with van der Waals surface area (Å²) in [4.78, 5) is 47.1. The average molecular weight is 462 g/mol.